The number of hydrogen-bond acceptors (Lipinski definition) is 2. The molecule has 0 spiro atoms. The minimum Gasteiger partial charge on any atom is -0.399 e. The Morgan fingerprint density at radius 3 is 2.68 bits per heavy atom. The molecule has 5 heteroatoms. The molecule has 0 bridgehead atoms. The first-order chi connectivity index (χ1) is 9.04. The highest BCUT2D eigenvalue weighted by Gasteiger charge is 2.06. The van der Waals surface area contributed by atoms with Crippen LogP contribution in [0.4, 0.5) is 26.2 Å². The van der Waals surface area contributed by atoms with Gasteiger partial charge in [0.15, 0.2) is 0 Å². The smallest absolute Gasteiger partial charge is 0.323 e. The molecule has 0 saturated carbocycles. The summed E-state index contributed by atoms with van der Waals surface area (Å²) in [7, 11) is 0. The first-order valence-electron chi connectivity index (χ1n) is 5.74. The average Bonchev–Trinajstić information content (AvgIpc) is 2.34. The van der Waals surface area contributed by atoms with E-state index in [0.717, 1.165) is 5.56 Å². The Hall–Kier alpha value is -2.56. The molecule has 2 aromatic carbocycles. The molecule has 2 amide bonds. The van der Waals surface area contributed by atoms with E-state index in [-0.39, 0.29) is 0 Å². The number of carbonyl (C=O) groups is 1. The molecule has 0 aromatic heterocycles. The van der Waals surface area contributed by atoms with Crippen LogP contribution in [0, 0.1) is 12.7 Å². The highest BCUT2D eigenvalue weighted by molar-refractivity contribution is 6.00. The normalized spacial score (nSPS) is 10.0. The molecule has 2 rings (SSSR count). The third kappa shape index (κ3) is 3.45. The Labute approximate surface area is 110 Å². The Balaban J connectivity index is 2.07. The fourth-order valence-electron chi connectivity index (χ4n) is 1.63. The number of nitrogen functional groups attached to an aromatic ring is 1. The van der Waals surface area contributed by atoms with E-state index in [1.54, 1.807) is 37.3 Å². The number of benzene rings is 2. The van der Waals surface area contributed by atoms with Crippen molar-refractivity contribution in [1.29, 1.82) is 0 Å². The SMILES string of the molecule is Cc1ccc(F)cc1NC(=O)Nc1cccc(N)c1. The van der Waals surface area contributed by atoms with E-state index < -0.39 is 11.8 Å². The molecular weight excluding hydrogens is 245 g/mol. The molecule has 0 aliphatic heterocycles. The summed E-state index contributed by atoms with van der Waals surface area (Å²) in [5.41, 5.74) is 7.95. The molecule has 19 heavy (non-hydrogen) atoms. The molecule has 0 fully saturated rings. The summed E-state index contributed by atoms with van der Waals surface area (Å²) in [4.78, 5) is 11.8. The molecule has 0 aliphatic rings. The quantitative estimate of drug-likeness (QED) is 0.724. The van der Waals surface area contributed by atoms with Gasteiger partial charge in [-0.05, 0) is 42.8 Å². The van der Waals surface area contributed by atoms with E-state index >= 15 is 0 Å². The number of amides is 2. The summed E-state index contributed by atoms with van der Waals surface area (Å²) in [6, 6.07) is 10.6. The van der Waals surface area contributed by atoms with Gasteiger partial charge in [-0.3, -0.25) is 0 Å². The third-order valence-corrected chi connectivity index (χ3v) is 2.59. The summed E-state index contributed by atoms with van der Waals surface area (Å²) < 4.78 is 13.1. The number of hydrogen-bond donors (Lipinski definition) is 3. The van der Waals surface area contributed by atoms with Crippen molar-refractivity contribution in [2.45, 2.75) is 6.92 Å². The predicted molar refractivity (Wildman–Crippen MR) is 74.6 cm³/mol. The molecule has 0 radical (unpaired) electrons. The van der Waals surface area contributed by atoms with Gasteiger partial charge in [-0.15, -0.1) is 0 Å². The van der Waals surface area contributed by atoms with E-state index in [0.29, 0.717) is 17.1 Å². The van der Waals surface area contributed by atoms with Crippen LogP contribution >= 0.6 is 0 Å². The number of anilines is 3. The first kappa shape index (κ1) is 12.9. The second-order valence-electron chi connectivity index (χ2n) is 4.16. The summed E-state index contributed by atoms with van der Waals surface area (Å²) in [6.45, 7) is 1.79. The lowest BCUT2D eigenvalue weighted by Crippen LogP contribution is -2.20. The molecule has 4 nitrogen and oxygen atoms in total. The standard InChI is InChI=1S/C14H14FN3O/c1-9-5-6-10(15)7-13(9)18-14(19)17-12-4-2-3-11(16)8-12/h2-8H,16H2,1H3,(H2,17,18,19). The molecular formula is C14H14FN3O. The summed E-state index contributed by atoms with van der Waals surface area (Å²) in [6.07, 6.45) is 0. The Kier molecular flexibility index (Phi) is 3.66. The summed E-state index contributed by atoms with van der Waals surface area (Å²) in [5, 5.41) is 5.21. The van der Waals surface area contributed by atoms with Crippen LogP contribution in [0.5, 0.6) is 0 Å². The third-order valence-electron chi connectivity index (χ3n) is 2.59. The fraction of sp³-hybridized carbons (Fsp3) is 0.0714. The summed E-state index contributed by atoms with van der Waals surface area (Å²) in [5.74, 6) is -0.398. The maximum atomic E-state index is 13.1. The van der Waals surface area contributed by atoms with Crippen LogP contribution in [-0.2, 0) is 0 Å². The van der Waals surface area contributed by atoms with Crippen molar-refractivity contribution in [1.82, 2.24) is 0 Å². The topological polar surface area (TPSA) is 67.2 Å². The van der Waals surface area contributed by atoms with Gasteiger partial charge in [-0.2, -0.15) is 0 Å². The van der Waals surface area contributed by atoms with Gasteiger partial charge in [0.25, 0.3) is 0 Å². The van der Waals surface area contributed by atoms with Gasteiger partial charge >= 0.3 is 6.03 Å². The number of nitrogens with two attached hydrogens (primary N) is 1. The second-order valence-corrected chi connectivity index (χ2v) is 4.16. The molecule has 0 saturated heterocycles. The molecule has 0 heterocycles. The monoisotopic (exact) mass is 259 g/mol. The number of nitrogens with one attached hydrogen (secondary N) is 2. The molecule has 0 unspecified atom stereocenters. The number of halogens is 1. The number of rotatable bonds is 2. The molecule has 98 valence electrons. The van der Waals surface area contributed by atoms with Crippen molar-refractivity contribution < 1.29 is 9.18 Å². The summed E-state index contributed by atoms with van der Waals surface area (Å²) >= 11 is 0. The molecule has 0 aliphatic carbocycles. The van der Waals surface area contributed by atoms with Crippen LogP contribution < -0.4 is 16.4 Å². The van der Waals surface area contributed by atoms with Crippen molar-refractivity contribution >= 4 is 23.1 Å². The van der Waals surface area contributed by atoms with Gasteiger partial charge in [0, 0.05) is 17.1 Å². The van der Waals surface area contributed by atoms with Gasteiger partial charge in [0.1, 0.15) is 5.82 Å². The average molecular weight is 259 g/mol. The predicted octanol–water partition coefficient (Wildman–Crippen LogP) is 3.36. The maximum Gasteiger partial charge on any atom is 0.323 e. The molecule has 4 N–H and O–H groups in total. The lowest BCUT2D eigenvalue weighted by Gasteiger charge is -2.10. The van der Waals surface area contributed by atoms with Crippen LogP contribution in [0.1, 0.15) is 5.56 Å². The minimum atomic E-state index is -0.445. The van der Waals surface area contributed by atoms with Gasteiger partial charge in [0.05, 0.1) is 0 Å². The van der Waals surface area contributed by atoms with Crippen molar-refractivity contribution in [2.75, 3.05) is 16.4 Å². The number of aryl methyl sites for hydroxylation is 1. The van der Waals surface area contributed by atoms with Crippen molar-refractivity contribution in [2.24, 2.45) is 0 Å². The lowest BCUT2D eigenvalue weighted by molar-refractivity contribution is 0.262. The highest BCUT2D eigenvalue weighted by Crippen LogP contribution is 2.17. The number of carbonyl (C=O) groups excluding carboxylic acids is 1. The van der Waals surface area contributed by atoms with Crippen molar-refractivity contribution in [3.05, 3.63) is 53.8 Å². The molecule has 2 aromatic rings. The van der Waals surface area contributed by atoms with Crippen LogP contribution in [0.2, 0.25) is 0 Å². The van der Waals surface area contributed by atoms with E-state index in [4.69, 9.17) is 5.73 Å². The van der Waals surface area contributed by atoms with Crippen molar-refractivity contribution in [3.63, 3.8) is 0 Å². The van der Waals surface area contributed by atoms with Crippen LogP contribution in [0.3, 0.4) is 0 Å². The van der Waals surface area contributed by atoms with E-state index in [1.165, 1.54) is 12.1 Å². The largest absolute Gasteiger partial charge is 0.399 e. The van der Waals surface area contributed by atoms with Gasteiger partial charge < -0.3 is 16.4 Å². The molecule has 0 atom stereocenters. The van der Waals surface area contributed by atoms with E-state index in [2.05, 4.69) is 10.6 Å². The van der Waals surface area contributed by atoms with Gasteiger partial charge in [-0.1, -0.05) is 12.1 Å². The van der Waals surface area contributed by atoms with Crippen LogP contribution in [0.25, 0.3) is 0 Å². The van der Waals surface area contributed by atoms with Crippen molar-refractivity contribution in [3.8, 4) is 0 Å². The second kappa shape index (κ2) is 5.39. The van der Waals surface area contributed by atoms with E-state index in [9.17, 15) is 9.18 Å². The Morgan fingerprint density at radius 2 is 1.95 bits per heavy atom. The maximum absolute atomic E-state index is 13.1. The lowest BCUT2D eigenvalue weighted by atomic mass is 10.2. The van der Waals surface area contributed by atoms with Crippen LogP contribution in [0.15, 0.2) is 42.5 Å². The zero-order valence-corrected chi connectivity index (χ0v) is 10.4. The zero-order valence-electron chi connectivity index (χ0n) is 10.4. The first-order valence-corrected chi connectivity index (χ1v) is 5.74. The van der Waals surface area contributed by atoms with Gasteiger partial charge in [0.2, 0.25) is 0 Å². The van der Waals surface area contributed by atoms with Gasteiger partial charge in [-0.25, -0.2) is 9.18 Å². The highest BCUT2D eigenvalue weighted by atomic mass is 19.1. The van der Waals surface area contributed by atoms with E-state index in [1.807, 2.05) is 0 Å². The van der Waals surface area contributed by atoms with Crippen LogP contribution in [-0.4, -0.2) is 6.03 Å². The Morgan fingerprint density at radius 1 is 1.16 bits per heavy atom. The Bertz CT molecular complexity index is 613. The zero-order chi connectivity index (χ0) is 13.8. The fourth-order valence-corrected chi connectivity index (χ4v) is 1.63. The minimum absolute atomic E-state index is 0.398. The number of urea groups is 1.